The summed E-state index contributed by atoms with van der Waals surface area (Å²) >= 11 is 2.74. The quantitative estimate of drug-likeness (QED) is 0.376. The molecule has 1 N–H and O–H groups in total. The molecular weight excluding hydrogens is 436 g/mol. The summed E-state index contributed by atoms with van der Waals surface area (Å²) in [6.45, 7) is 1.75. The zero-order valence-corrected chi connectivity index (χ0v) is 18.3. The van der Waals surface area contributed by atoms with Gasteiger partial charge < -0.3 is 9.84 Å². The molecule has 1 aliphatic carbocycles. The first-order valence-corrected chi connectivity index (χ1v) is 11.7. The molecule has 9 heteroatoms. The van der Waals surface area contributed by atoms with Crippen LogP contribution in [0.2, 0.25) is 0 Å². The lowest BCUT2D eigenvalue weighted by atomic mass is 9.97. The number of nitrogens with zero attached hydrogens (tertiary/aromatic N) is 2. The molecule has 0 bridgehead atoms. The van der Waals surface area contributed by atoms with Crippen molar-refractivity contribution in [2.75, 3.05) is 6.61 Å². The highest BCUT2D eigenvalue weighted by Gasteiger charge is 2.28. The molecule has 1 aliphatic rings. The van der Waals surface area contributed by atoms with Crippen molar-refractivity contribution < 1.29 is 19.4 Å². The maximum absolute atomic E-state index is 13.0. The number of hydrogen-bond donors (Lipinski definition) is 1. The molecule has 0 unspecified atom stereocenters. The molecule has 0 spiro atoms. The van der Waals surface area contributed by atoms with E-state index in [1.807, 2.05) is 0 Å². The second-order valence-electron chi connectivity index (χ2n) is 7.28. The number of aromatic nitrogens is 2. The van der Waals surface area contributed by atoms with E-state index in [1.165, 1.54) is 28.7 Å². The summed E-state index contributed by atoms with van der Waals surface area (Å²) in [5, 5.41) is 13.4. The number of aromatic hydroxyl groups is 1. The maximum atomic E-state index is 13.0. The molecule has 158 valence electrons. The van der Waals surface area contributed by atoms with E-state index in [-0.39, 0.29) is 28.9 Å². The first-order chi connectivity index (χ1) is 15.0. The van der Waals surface area contributed by atoms with Crippen LogP contribution < -0.4 is 10.9 Å². The Labute approximate surface area is 184 Å². The Hall–Kier alpha value is -3.04. The van der Waals surface area contributed by atoms with Crippen LogP contribution in [0.3, 0.4) is 0 Å². The van der Waals surface area contributed by atoms with E-state index in [0.29, 0.717) is 15.1 Å². The molecule has 5 rings (SSSR count). The number of Topliss-reactive ketones (excluding diaryl/α,β-unsaturated/α-hetero) is 1. The van der Waals surface area contributed by atoms with Gasteiger partial charge in [0, 0.05) is 11.0 Å². The second-order valence-corrected chi connectivity index (χ2v) is 9.31. The average Bonchev–Trinajstić information content (AvgIpc) is 3.45. The van der Waals surface area contributed by atoms with Crippen LogP contribution in [-0.2, 0) is 17.6 Å². The molecule has 0 aromatic carbocycles. The van der Waals surface area contributed by atoms with Crippen LogP contribution in [0.4, 0.5) is 0 Å². The molecule has 0 fully saturated rings. The normalized spacial score (nSPS) is 14.3. The molecule has 0 amide bonds. The number of ketones is 1. The predicted octanol–water partition coefficient (Wildman–Crippen LogP) is 3.11. The van der Waals surface area contributed by atoms with Crippen molar-refractivity contribution in [1.29, 1.82) is 0 Å². The zero-order valence-electron chi connectivity index (χ0n) is 16.6. The van der Waals surface area contributed by atoms with E-state index in [2.05, 4.69) is 4.98 Å². The van der Waals surface area contributed by atoms with Crippen molar-refractivity contribution in [3.8, 4) is 5.75 Å². The molecule has 4 heterocycles. The van der Waals surface area contributed by atoms with Gasteiger partial charge in [-0.3, -0.25) is 14.0 Å². The minimum atomic E-state index is -0.784. The maximum Gasteiger partial charge on any atom is 0.345 e. The second kappa shape index (κ2) is 7.58. The lowest BCUT2D eigenvalue weighted by molar-refractivity contribution is 0.0525. The molecule has 0 aliphatic heterocycles. The third-order valence-electron chi connectivity index (χ3n) is 5.44. The van der Waals surface area contributed by atoms with Crippen LogP contribution in [0, 0.1) is 0 Å². The van der Waals surface area contributed by atoms with Gasteiger partial charge >= 0.3 is 5.97 Å². The largest absolute Gasteiger partial charge is 0.505 e. The van der Waals surface area contributed by atoms with Crippen molar-refractivity contribution in [1.82, 2.24) is 9.38 Å². The summed E-state index contributed by atoms with van der Waals surface area (Å²) < 4.78 is 6.66. The minimum absolute atomic E-state index is 0.0114. The van der Waals surface area contributed by atoms with Crippen LogP contribution >= 0.6 is 22.7 Å². The number of carbonyl (C=O) groups is 2. The Morgan fingerprint density at radius 2 is 2.13 bits per heavy atom. The fourth-order valence-corrected chi connectivity index (χ4v) is 6.13. The van der Waals surface area contributed by atoms with Crippen molar-refractivity contribution in [2.45, 2.75) is 32.6 Å². The van der Waals surface area contributed by atoms with Gasteiger partial charge in [0.25, 0.3) is 5.56 Å². The Morgan fingerprint density at radius 3 is 2.87 bits per heavy atom. The molecule has 0 saturated heterocycles. The number of esters is 1. The fourth-order valence-electron chi connectivity index (χ4n) is 4.10. The van der Waals surface area contributed by atoms with Gasteiger partial charge in [-0.25, -0.2) is 4.79 Å². The van der Waals surface area contributed by atoms with Crippen molar-refractivity contribution in [2.24, 2.45) is 0 Å². The summed E-state index contributed by atoms with van der Waals surface area (Å²) in [6.07, 6.45) is 5.01. The Bertz CT molecular complexity index is 1460. The minimum Gasteiger partial charge on any atom is -0.505 e. The number of carbonyl (C=O) groups excluding carboxylic acids is 2. The van der Waals surface area contributed by atoms with Crippen LogP contribution in [0.5, 0.6) is 5.75 Å². The number of aryl methyl sites for hydroxylation is 2. The Morgan fingerprint density at radius 1 is 1.32 bits per heavy atom. The van der Waals surface area contributed by atoms with E-state index < -0.39 is 17.3 Å². The lowest BCUT2D eigenvalue weighted by Gasteiger charge is -2.09. The van der Waals surface area contributed by atoms with E-state index in [1.54, 1.807) is 28.8 Å². The molecule has 0 saturated carbocycles. The van der Waals surface area contributed by atoms with Crippen LogP contribution in [-0.4, -0.2) is 32.9 Å². The van der Waals surface area contributed by atoms with Gasteiger partial charge in [-0.1, -0.05) is 6.07 Å². The number of hydrogen-bond acceptors (Lipinski definition) is 8. The van der Waals surface area contributed by atoms with Gasteiger partial charge in [-0.2, -0.15) is 4.98 Å². The smallest absolute Gasteiger partial charge is 0.345 e. The summed E-state index contributed by atoms with van der Waals surface area (Å²) in [7, 11) is 0. The molecule has 7 nitrogen and oxygen atoms in total. The molecule has 0 radical (unpaired) electrons. The number of ether oxygens (including phenoxy) is 1. The summed E-state index contributed by atoms with van der Waals surface area (Å²) in [5.41, 5.74) is 0.378. The van der Waals surface area contributed by atoms with E-state index in [0.717, 1.165) is 36.1 Å². The molecule has 0 atom stereocenters. The van der Waals surface area contributed by atoms with E-state index in [9.17, 15) is 19.5 Å². The predicted molar refractivity (Wildman–Crippen MR) is 119 cm³/mol. The van der Waals surface area contributed by atoms with Crippen LogP contribution in [0.15, 0.2) is 22.3 Å². The highest BCUT2D eigenvalue weighted by Crippen LogP contribution is 2.35. The van der Waals surface area contributed by atoms with Crippen LogP contribution in [0.1, 0.15) is 50.2 Å². The van der Waals surface area contributed by atoms with Crippen molar-refractivity contribution in [3.05, 3.63) is 54.1 Å². The average molecular weight is 455 g/mol. The topological polar surface area (TPSA) is 98.0 Å². The number of fused-ring (bicyclic) bond motifs is 5. The Kier molecular flexibility index (Phi) is 4.86. The molecule has 4 aromatic rings. The first-order valence-electron chi connectivity index (χ1n) is 9.99. The lowest BCUT2D eigenvalue weighted by Crippen LogP contribution is -2.17. The van der Waals surface area contributed by atoms with Gasteiger partial charge in [-0.15, -0.1) is 22.7 Å². The number of rotatable bonds is 4. The van der Waals surface area contributed by atoms with Gasteiger partial charge in [0.2, 0.25) is 0 Å². The molecule has 4 aromatic heterocycles. The molecular formula is C22H18N2O5S2. The van der Waals surface area contributed by atoms with Gasteiger partial charge in [0.1, 0.15) is 10.4 Å². The van der Waals surface area contributed by atoms with E-state index in [4.69, 9.17) is 4.74 Å². The third-order valence-corrected chi connectivity index (χ3v) is 7.61. The Balaban J connectivity index is 1.92. The van der Waals surface area contributed by atoms with E-state index >= 15 is 0 Å². The summed E-state index contributed by atoms with van der Waals surface area (Å²) in [6, 6.07) is 3.46. The van der Waals surface area contributed by atoms with Crippen LogP contribution in [0.25, 0.3) is 21.9 Å². The van der Waals surface area contributed by atoms with Gasteiger partial charge in [0.15, 0.2) is 17.2 Å². The number of thiophene rings is 2. The highest BCUT2D eigenvalue weighted by molar-refractivity contribution is 7.19. The van der Waals surface area contributed by atoms with Gasteiger partial charge in [0.05, 0.1) is 22.2 Å². The summed E-state index contributed by atoms with van der Waals surface area (Å²) in [4.78, 5) is 44.8. The standard InChI is InChI=1S/C22H18N2O5S2/c1-2-29-22(28)17-18(26)12(10-13(25)15-8-5-9-30-15)24-19(17)23-20(27)16-11-6-3-4-7-14(11)31-21(16)24/h5,8-10,26H,2-4,6-7H2,1H3/b12-10+. The van der Waals surface area contributed by atoms with Gasteiger partial charge in [-0.05, 0) is 49.6 Å². The molecule has 31 heavy (non-hydrogen) atoms. The zero-order chi connectivity index (χ0) is 21.7. The highest BCUT2D eigenvalue weighted by atomic mass is 32.1. The van der Waals surface area contributed by atoms with Crippen molar-refractivity contribution in [3.63, 3.8) is 0 Å². The monoisotopic (exact) mass is 454 g/mol. The third kappa shape index (κ3) is 3.07. The summed E-state index contributed by atoms with van der Waals surface area (Å²) in [5.74, 6) is -1.50. The SMILES string of the molecule is CCOC(=O)c1c(O)/c(=C\C(=O)c2cccs2)n2c1nc(=O)c1c3c(sc12)CCCC3. The fraction of sp³-hybridized carbons (Fsp3) is 0.273. The van der Waals surface area contributed by atoms with Crippen molar-refractivity contribution >= 4 is 56.4 Å². The first kappa shape index (κ1) is 19.9.